The number of amides is 1. The van der Waals surface area contributed by atoms with Crippen molar-refractivity contribution in [2.24, 2.45) is 0 Å². The SMILES string of the molecule is CCCC(=O)Nc1cc(-c2nc3cc(Cl)ccc3o2)ccc1Cl. The fourth-order valence-electron chi connectivity index (χ4n) is 2.22. The van der Waals surface area contributed by atoms with Crippen LogP contribution in [0.3, 0.4) is 0 Å². The van der Waals surface area contributed by atoms with Gasteiger partial charge in [-0.3, -0.25) is 4.79 Å². The molecule has 0 spiro atoms. The third kappa shape index (κ3) is 3.49. The Labute approximate surface area is 143 Å². The smallest absolute Gasteiger partial charge is 0.227 e. The van der Waals surface area contributed by atoms with Crippen molar-refractivity contribution in [3.8, 4) is 11.5 Å². The molecule has 0 radical (unpaired) electrons. The zero-order chi connectivity index (χ0) is 16.4. The molecule has 1 N–H and O–H groups in total. The van der Waals surface area contributed by atoms with Crippen LogP contribution < -0.4 is 5.32 Å². The summed E-state index contributed by atoms with van der Waals surface area (Å²) in [6, 6.07) is 10.5. The van der Waals surface area contributed by atoms with E-state index in [1.54, 1.807) is 36.4 Å². The first kappa shape index (κ1) is 15.8. The van der Waals surface area contributed by atoms with E-state index in [1.807, 2.05) is 6.92 Å². The second kappa shape index (κ2) is 6.60. The minimum atomic E-state index is -0.0732. The van der Waals surface area contributed by atoms with Gasteiger partial charge in [-0.05, 0) is 42.8 Å². The van der Waals surface area contributed by atoms with Crippen molar-refractivity contribution in [1.82, 2.24) is 4.98 Å². The fraction of sp³-hybridized carbons (Fsp3) is 0.176. The highest BCUT2D eigenvalue weighted by atomic mass is 35.5. The molecule has 0 saturated heterocycles. The van der Waals surface area contributed by atoms with Crippen molar-refractivity contribution >= 4 is 45.9 Å². The molecule has 0 aliphatic rings. The fourth-order valence-corrected chi connectivity index (χ4v) is 2.55. The quantitative estimate of drug-likeness (QED) is 0.673. The number of carbonyl (C=O) groups excluding carboxylic acids is 1. The van der Waals surface area contributed by atoms with E-state index in [0.717, 1.165) is 12.0 Å². The molecule has 1 amide bonds. The normalized spacial score (nSPS) is 10.9. The number of hydrogen-bond donors (Lipinski definition) is 1. The highest BCUT2D eigenvalue weighted by Crippen LogP contribution is 2.31. The zero-order valence-corrected chi connectivity index (χ0v) is 13.9. The van der Waals surface area contributed by atoms with Gasteiger partial charge in [0.25, 0.3) is 0 Å². The third-order valence-electron chi connectivity index (χ3n) is 3.31. The number of anilines is 1. The molecule has 0 aliphatic heterocycles. The average Bonchev–Trinajstić information content (AvgIpc) is 2.92. The maximum absolute atomic E-state index is 11.8. The van der Waals surface area contributed by atoms with E-state index < -0.39 is 0 Å². The van der Waals surface area contributed by atoms with Gasteiger partial charge in [0.1, 0.15) is 5.52 Å². The molecule has 0 unspecified atom stereocenters. The maximum atomic E-state index is 11.8. The molecule has 6 heteroatoms. The summed E-state index contributed by atoms with van der Waals surface area (Å²) in [4.78, 5) is 16.2. The molecule has 0 atom stereocenters. The summed E-state index contributed by atoms with van der Waals surface area (Å²) >= 11 is 12.1. The van der Waals surface area contributed by atoms with Gasteiger partial charge in [-0.2, -0.15) is 0 Å². The summed E-state index contributed by atoms with van der Waals surface area (Å²) in [5.41, 5.74) is 2.60. The van der Waals surface area contributed by atoms with Crippen LogP contribution in [0.2, 0.25) is 10.0 Å². The number of oxazole rings is 1. The van der Waals surface area contributed by atoms with Crippen LogP contribution in [-0.4, -0.2) is 10.9 Å². The number of nitrogens with one attached hydrogen (secondary N) is 1. The molecule has 0 bridgehead atoms. The van der Waals surface area contributed by atoms with Crippen LogP contribution in [0.25, 0.3) is 22.6 Å². The number of aromatic nitrogens is 1. The van der Waals surface area contributed by atoms with Crippen LogP contribution in [0.1, 0.15) is 19.8 Å². The number of rotatable bonds is 4. The van der Waals surface area contributed by atoms with Crippen molar-refractivity contribution in [3.05, 3.63) is 46.4 Å². The van der Waals surface area contributed by atoms with Crippen molar-refractivity contribution in [2.45, 2.75) is 19.8 Å². The van der Waals surface area contributed by atoms with Gasteiger partial charge in [0.2, 0.25) is 11.8 Å². The van der Waals surface area contributed by atoms with Crippen LogP contribution >= 0.6 is 23.2 Å². The largest absolute Gasteiger partial charge is 0.436 e. The van der Waals surface area contributed by atoms with E-state index in [0.29, 0.717) is 39.1 Å². The van der Waals surface area contributed by atoms with Crippen molar-refractivity contribution in [2.75, 3.05) is 5.32 Å². The minimum Gasteiger partial charge on any atom is -0.436 e. The molecule has 3 rings (SSSR count). The Kier molecular flexibility index (Phi) is 4.55. The van der Waals surface area contributed by atoms with Crippen molar-refractivity contribution in [1.29, 1.82) is 0 Å². The second-order valence-corrected chi connectivity index (χ2v) is 5.97. The Morgan fingerprint density at radius 1 is 1.22 bits per heavy atom. The molecule has 0 saturated carbocycles. The molecule has 0 aliphatic carbocycles. The Morgan fingerprint density at radius 3 is 2.83 bits per heavy atom. The standard InChI is InChI=1S/C17H14Cl2N2O2/c1-2-3-16(22)20-13-8-10(4-6-12(13)19)17-21-14-9-11(18)5-7-15(14)23-17/h4-9H,2-3H2,1H3,(H,20,22). The van der Waals surface area contributed by atoms with E-state index in [2.05, 4.69) is 10.3 Å². The minimum absolute atomic E-state index is 0.0732. The molecule has 2 aromatic carbocycles. The molecule has 118 valence electrons. The van der Waals surface area contributed by atoms with Crippen LogP contribution in [-0.2, 0) is 4.79 Å². The van der Waals surface area contributed by atoms with Crippen LogP contribution in [0, 0.1) is 0 Å². The molecule has 23 heavy (non-hydrogen) atoms. The Morgan fingerprint density at radius 2 is 2.04 bits per heavy atom. The van der Waals surface area contributed by atoms with Gasteiger partial charge in [-0.15, -0.1) is 0 Å². The predicted octanol–water partition coefficient (Wildman–Crippen LogP) is 5.54. The maximum Gasteiger partial charge on any atom is 0.227 e. The number of nitrogens with zero attached hydrogens (tertiary/aromatic N) is 1. The summed E-state index contributed by atoms with van der Waals surface area (Å²) in [6.45, 7) is 1.95. The first-order chi connectivity index (χ1) is 11.1. The molecular formula is C17H14Cl2N2O2. The number of benzene rings is 2. The van der Waals surface area contributed by atoms with Gasteiger partial charge in [-0.25, -0.2) is 4.98 Å². The Balaban J connectivity index is 1.96. The monoisotopic (exact) mass is 348 g/mol. The summed E-state index contributed by atoms with van der Waals surface area (Å²) < 4.78 is 5.73. The van der Waals surface area contributed by atoms with Gasteiger partial charge >= 0.3 is 0 Å². The first-order valence-electron chi connectivity index (χ1n) is 7.22. The number of hydrogen-bond acceptors (Lipinski definition) is 3. The van der Waals surface area contributed by atoms with Gasteiger partial charge < -0.3 is 9.73 Å². The predicted molar refractivity (Wildman–Crippen MR) is 93.0 cm³/mol. The highest BCUT2D eigenvalue weighted by molar-refractivity contribution is 6.33. The van der Waals surface area contributed by atoms with E-state index in [-0.39, 0.29) is 5.91 Å². The van der Waals surface area contributed by atoms with Crippen LogP contribution in [0.5, 0.6) is 0 Å². The lowest BCUT2D eigenvalue weighted by molar-refractivity contribution is -0.116. The summed E-state index contributed by atoms with van der Waals surface area (Å²) in [5.74, 6) is 0.376. The van der Waals surface area contributed by atoms with Crippen LogP contribution in [0.15, 0.2) is 40.8 Å². The van der Waals surface area contributed by atoms with E-state index >= 15 is 0 Å². The lowest BCUT2D eigenvalue weighted by atomic mass is 10.2. The number of carbonyl (C=O) groups is 1. The molecule has 1 aromatic heterocycles. The van der Waals surface area contributed by atoms with E-state index in [4.69, 9.17) is 27.6 Å². The third-order valence-corrected chi connectivity index (χ3v) is 3.88. The van der Waals surface area contributed by atoms with E-state index in [1.165, 1.54) is 0 Å². The lowest BCUT2D eigenvalue weighted by Gasteiger charge is -2.07. The molecule has 3 aromatic rings. The second-order valence-electron chi connectivity index (χ2n) is 5.12. The zero-order valence-electron chi connectivity index (χ0n) is 12.4. The average molecular weight is 349 g/mol. The van der Waals surface area contributed by atoms with Crippen LogP contribution in [0.4, 0.5) is 5.69 Å². The molecule has 1 heterocycles. The van der Waals surface area contributed by atoms with Crippen molar-refractivity contribution in [3.63, 3.8) is 0 Å². The van der Waals surface area contributed by atoms with Gasteiger partial charge in [0.15, 0.2) is 5.58 Å². The Bertz CT molecular complexity index is 874. The summed E-state index contributed by atoms with van der Waals surface area (Å²) in [7, 11) is 0. The molecule has 4 nitrogen and oxygen atoms in total. The topological polar surface area (TPSA) is 55.1 Å². The highest BCUT2D eigenvalue weighted by Gasteiger charge is 2.12. The number of fused-ring (bicyclic) bond motifs is 1. The molecular weight excluding hydrogens is 335 g/mol. The summed E-state index contributed by atoms with van der Waals surface area (Å²) in [5, 5.41) is 3.87. The lowest BCUT2D eigenvalue weighted by Crippen LogP contribution is -2.10. The van der Waals surface area contributed by atoms with Gasteiger partial charge in [0.05, 0.1) is 10.7 Å². The van der Waals surface area contributed by atoms with Crippen molar-refractivity contribution < 1.29 is 9.21 Å². The summed E-state index contributed by atoms with van der Waals surface area (Å²) in [6.07, 6.45) is 1.22. The van der Waals surface area contributed by atoms with Gasteiger partial charge in [0, 0.05) is 17.0 Å². The first-order valence-corrected chi connectivity index (χ1v) is 7.98. The number of halogens is 2. The Hall–Kier alpha value is -2.04. The van der Waals surface area contributed by atoms with Gasteiger partial charge in [-0.1, -0.05) is 30.1 Å². The molecule has 0 fully saturated rings. The van der Waals surface area contributed by atoms with E-state index in [9.17, 15) is 4.79 Å².